The van der Waals surface area contributed by atoms with E-state index in [1.54, 1.807) is 13.0 Å². The van der Waals surface area contributed by atoms with Crippen molar-refractivity contribution in [2.75, 3.05) is 0 Å². The van der Waals surface area contributed by atoms with Crippen molar-refractivity contribution >= 4 is 0 Å². The van der Waals surface area contributed by atoms with Gasteiger partial charge >= 0.3 is 6.18 Å². The van der Waals surface area contributed by atoms with Gasteiger partial charge in [-0.1, -0.05) is 30.3 Å². The molecule has 0 aliphatic carbocycles. The summed E-state index contributed by atoms with van der Waals surface area (Å²) in [7, 11) is 0. The van der Waals surface area contributed by atoms with Gasteiger partial charge in [0.2, 0.25) is 0 Å². The molecular formula is C21H14F6. The lowest BCUT2D eigenvalue weighted by Gasteiger charge is -2.14. The van der Waals surface area contributed by atoms with Crippen LogP contribution in [0.2, 0.25) is 0 Å². The van der Waals surface area contributed by atoms with E-state index in [4.69, 9.17) is 0 Å². The van der Waals surface area contributed by atoms with Gasteiger partial charge in [0.15, 0.2) is 0 Å². The molecule has 3 aromatic rings. The van der Waals surface area contributed by atoms with Crippen LogP contribution in [0.15, 0.2) is 48.5 Å². The molecule has 0 amide bonds. The van der Waals surface area contributed by atoms with Gasteiger partial charge < -0.3 is 0 Å². The third-order valence-electron chi connectivity index (χ3n) is 4.29. The van der Waals surface area contributed by atoms with Crippen LogP contribution in [0, 0.1) is 31.3 Å². The first-order chi connectivity index (χ1) is 12.6. The molecule has 0 nitrogen and oxygen atoms in total. The monoisotopic (exact) mass is 380 g/mol. The highest BCUT2D eigenvalue weighted by atomic mass is 19.4. The lowest BCUT2D eigenvalue weighted by atomic mass is 9.96. The predicted octanol–water partition coefficient (Wildman–Crippen LogP) is 7.07. The second kappa shape index (κ2) is 6.76. The topological polar surface area (TPSA) is 0 Å². The Labute approximate surface area is 152 Å². The van der Waals surface area contributed by atoms with E-state index in [2.05, 4.69) is 0 Å². The Morgan fingerprint density at radius 2 is 1.19 bits per heavy atom. The van der Waals surface area contributed by atoms with Gasteiger partial charge in [-0.15, -0.1) is 0 Å². The lowest BCUT2D eigenvalue weighted by Crippen LogP contribution is -2.11. The molecule has 140 valence electrons. The molecule has 0 aliphatic rings. The van der Waals surface area contributed by atoms with Crippen LogP contribution in [0.4, 0.5) is 26.3 Å². The summed E-state index contributed by atoms with van der Waals surface area (Å²) in [6.45, 7) is 2.83. The number of hydrogen-bond acceptors (Lipinski definition) is 0. The second-order valence-corrected chi connectivity index (χ2v) is 6.33. The second-order valence-electron chi connectivity index (χ2n) is 6.33. The fourth-order valence-corrected chi connectivity index (χ4v) is 3.03. The van der Waals surface area contributed by atoms with Crippen molar-refractivity contribution < 1.29 is 26.3 Å². The Morgan fingerprint density at radius 1 is 0.630 bits per heavy atom. The minimum atomic E-state index is -4.84. The molecule has 0 aliphatic heterocycles. The minimum absolute atomic E-state index is 0.0218. The van der Waals surface area contributed by atoms with Gasteiger partial charge in [0.05, 0.1) is 5.56 Å². The highest BCUT2D eigenvalue weighted by Crippen LogP contribution is 2.37. The fourth-order valence-electron chi connectivity index (χ4n) is 3.03. The van der Waals surface area contributed by atoms with Gasteiger partial charge in [-0.25, -0.2) is 13.2 Å². The molecule has 0 saturated heterocycles. The zero-order chi connectivity index (χ0) is 19.9. The average Bonchev–Trinajstić information content (AvgIpc) is 2.52. The summed E-state index contributed by atoms with van der Waals surface area (Å²) < 4.78 is 81.2. The van der Waals surface area contributed by atoms with E-state index in [1.807, 2.05) is 0 Å². The smallest absolute Gasteiger partial charge is 0.206 e. The molecule has 0 spiro atoms. The highest BCUT2D eigenvalue weighted by molar-refractivity contribution is 5.72. The molecule has 0 fully saturated rings. The van der Waals surface area contributed by atoms with Gasteiger partial charge in [0, 0.05) is 11.1 Å². The van der Waals surface area contributed by atoms with Crippen molar-refractivity contribution in [2.24, 2.45) is 0 Å². The zero-order valence-electron chi connectivity index (χ0n) is 14.4. The van der Waals surface area contributed by atoms with E-state index in [1.165, 1.54) is 24.3 Å². The Balaban J connectivity index is 2.07. The normalized spacial score (nSPS) is 11.7. The molecule has 27 heavy (non-hydrogen) atoms. The van der Waals surface area contributed by atoms with Gasteiger partial charge in [-0.2, -0.15) is 13.2 Å². The number of rotatable bonds is 2. The van der Waals surface area contributed by atoms with Crippen LogP contribution >= 0.6 is 0 Å². The number of hydrogen-bond donors (Lipinski definition) is 0. The number of halogens is 6. The fraction of sp³-hybridized carbons (Fsp3) is 0.143. The molecule has 6 heteroatoms. The van der Waals surface area contributed by atoms with E-state index < -0.39 is 29.2 Å². The molecular weight excluding hydrogens is 366 g/mol. The SMILES string of the molecule is Cc1ccc(-c2ccc(-c3cc(C)c(C(F)(F)F)c(F)c3)c(F)c2)c(F)c1. The van der Waals surface area contributed by atoms with Crippen LogP contribution in [-0.2, 0) is 6.18 Å². The lowest BCUT2D eigenvalue weighted by molar-refractivity contribution is -0.140. The van der Waals surface area contributed by atoms with Crippen LogP contribution in [0.5, 0.6) is 0 Å². The first-order valence-corrected chi connectivity index (χ1v) is 8.01. The standard InChI is InChI=1S/C21H14F6/c1-11-3-5-15(17(22)7-11)13-4-6-16(18(23)9-13)14-8-12(2)20(19(24)10-14)21(25,26)27/h3-10H,1-2H3. The van der Waals surface area contributed by atoms with Crippen molar-refractivity contribution in [3.05, 3.63) is 82.7 Å². The molecule has 0 radical (unpaired) electrons. The van der Waals surface area contributed by atoms with Crippen molar-refractivity contribution in [1.82, 2.24) is 0 Å². The molecule has 0 aromatic heterocycles. The molecule has 0 heterocycles. The molecule has 3 aromatic carbocycles. The van der Waals surface area contributed by atoms with Gasteiger partial charge in [-0.05, 0) is 54.3 Å². The largest absolute Gasteiger partial charge is 0.419 e. The minimum Gasteiger partial charge on any atom is -0.206 e. The Bertz CT molecular complexity index is 995. The molecule has 3 rings (SSSR count). The van der Waals surface area contributed by atoms with Gasteiger partial charge in [0.25, 0.3) is 0 Å². The first-order valence-electron chi connectivity index (χ1n) is 8.01. The van der Waals surface area contributed by atoms with E-state index in [0.29, 0.717) is 11.6 Å². The maximum absolute atomic E-state index is 14.6. The van der Waals surface area contributed by atoms with Crippen molar-refractivity contribution in [2.45, 2.75) is 20.0 Å². The molecule has 0 saturated carbocycles. The highest BCUT2D eigenvalue weighted by Gasteiger charge is 2.36. The number of benzene rings is 3. The maximum Gasteiger partial charge on any atom is 0.419 e. The summed E-state index contributed by atoms with van der Waals surface area (Å²) in [5.74, 6) is -2.77. The van der Waals surface area contributed by atoms with Crippen molar-refractivity contribution in [3.8, 4) is 22.3 Å². The van der Waals surface area contributed by atoms with Crippen molar-refractivity contribution in [1.29, 1.82) is 0 Å². The summed E-state index contributed by atoms with van der Waals surface area (Å²) >= 11 is 0. The maximum atomic E-state index is 14.6. The number of aryl methyl sites for hydroxylation is 2. The third kappa shape index (κ3) is 3.70. The summed E-state index contributed by atoms with van der Waals surface area (Å²) in [4.78, 5) is 0. The van der Waals surface area contributed by atoms with E-state index >= 15 is 0 Å². The van der Waals surface area contributed by atoms with E-state index in [0.717, 1.165) is 19.1 Å². The van der Waals surface area contributed by atoms with E-state index in [-0.39, 0.29) is 27.8 Å². The third-order valence-corrected chi connectivity index (χ3v) is 4.29. The Kier molecular flexibility index (Phi) is 4.76. The van der Waals surface area contributed by atoms with Crippen molar-refractivity contribution in [3.63, 3.8) is 0 Å². The Hall–Kier alpha value is -2.76. The van der Waals surface area contributed by atoms with Crippen LogP contribution < -0.4 is 0 Å². The number of alkyl halides is 3. The van der Waals surface area contributed by atoms with Gasteiger partial charge in [-0.3, -0.25) is 0 Å². The van der Waals surface area contributed by atoms with Gasteiger partial charge in [0.1, 0.15) is 17.5 Å². The van der Waals surface area contributed by atoms with Crippen LogP contribution in [0.25, 0.3) is 22.3 Å². The summed E-state index contributed by atoms with van der Waals surface area (Å²) in [6, 6.07) is 10.1. The molecule has 0 unspecified atom stereocenters. The van der Waals surface area contributed by atoms with Crippen LogP contribution in [0.1, 0.15) is 16.7 Å². The summed E-state index contributed by atoms with van der Waals surface area (Å²) in [6.07, 6.45) is -4.84. The summed E-state index contributed by atoms with van der Waals surface area (Å²) in [5.41, 5.74) is -0.619. The van der Waals surface area contributed by atoms with Crippen LogP contribution in [-0.4, -0.2) is 0 Å². The predicted molar refractivity (Wildman–Crippen MR) is 91.7 cm³/mol. The zero-order valence-corrected chi connectivity index (χ0v) is 14.4. The van der Waals surface area contributed by atoms with E-state index in [9.17, 15) is 26.3 Å². The first kappa shape index (κ1) is 19.0. The quantitative estimate of drug-likeness (QED) is 0.417. The molecule has 0 atom stereocenters. The van der Waals surface area contributed by atoms with Crippen LogP contribution in [0.3, 0.4) is 0 Å². The molecule has 0 N–H and O–H groups in total. The average molecular weight is 380 g/mol. The Morgan fingerprint density at radius 3 is 1.74 bits per heavy atom. The molecule has 0 bridgehead atoms. The summed E-state index contributed by atoms with van der Waals surface area (Å²) in [5, 5.41) is 0.